The SMILES string of the molecule is COCCOC(=O)/C(C#N)=C/c1ccc(OC(F)F)cc1OC(F)F. The third kappa shape index (κ3) is 7.09. The van der Waals surface area contributed by atoms with E-state index in [4.69, 9.17) is 10.00 Å². The summed E-state index contributed by atoms with van der Waals surface area (Å²) in [4.78, 5) is 11.7. The number of esters is 1. The highest BCUT2D eigenvalue weighted by molar-refractivity contribution is 5.98. The van der Waals surface area contributed by atoms with E-state index in [2.05, 4.69) is 14.2 Å². The predicted octanol–water partition coefficient (Wildman–Crippen LogP) is 2.99. The van der Waals surface area contributed by atoms with Gasteiger partial charge in [0.05, 0.1) is 6.61 Å². The molecule has 0 atom stereocenters. The zero-order valence-electron chi connectivity index (χ0n) is 12.9. The van der Waals surface area contributed by atoms with Gasteiger partial charge >= 0.3 is 19.2 Å². The third-order valence-electron chi connectivity index (χ3n) is 2.59. The van der Waals surface area contributed by atoms with Gasteiger partial charge in [-0.05, 0) is 18.2 Å². The van der Waals surface area contributed by atoms with Gasteiger partial charge in [-0.3, -0.25) is 0 Å². The van der Waals surface area contributed by atoms with Gasteiger partial charge in [-0.15, -0.1) is 0 Å². The predicted molar refractivity (Wildman–Crippen MR) is 76.1 cm³/mol. The molecule has 0 N–H and O–H groups in total. The fourth-order valence-electron chi connectivity index (χ4n) is 1.60. The van der Waals surface area contributed by atoms with Gasteiger partial charge in [0.2, 0.25) is 0 Å². The molecule has 1 aromatic carbocycles. The zero-order valence-corrected chi connectivity index (χ0v) is 12.9. The van der Waals surface area contributed by atoms with E-state index in [9.17, 15) is 22.4 Å². The second-order valence-electron chi connectivity index (χ2n) is 4.26. The first-order valence-electron chi connectivity index (χ1n) is 6.69. The van der Waals surface area contributed by atoms with E-state index in [0.29, 0.717) is 0 Å². The van der Waals surface area contributed by atoms with Gasteiger partial charge in [0, 0.05) is 18.7 Å². The van der Waals surface area contributed by atoms with Crippen molar-refractivity contribution < 1.29 is 41.3 Å². The van der Waals surface area contributed by atoms with Crippen molar-refractivity contribution in [2.24, 2.45) is 0 Å². The van der Waals surface area contributed by atoms with E-state index in [-0.39, 0.29) is 18.8 Å². The van der Waals surface area contributed by atoms with Crippen LogP contribution in [0.3, 0.4) is 0 Å². The van der Waals surface area contributed by atoms with Gasteiger partial charge in [-0.25, -0.2) is 4.79 Å². The number of nitrogens with zero attached hydrogens (tertiary/aromatic N) is 1. The van der Waals surface area contributed by atoms with Crippen molar-refractivity contribution in [3.8, 4) is 17.6 Å². The quantitative estimate of drug-likeness (QED) is 0.221. The van der Waals surface area contributed by atoms with Crippen LogP contribution in [0, 0.1) is 11.3 Å². The summed E-state index contributed by atoms with van der Waals surface area (Å²) < 4.78 is 67.0. The number of ether oxygens (including phenoxy) is 4. The van der Waals surface area contributed by atoms with Crippen LogP contribution in [0.15, 0.2) is 23.8 Å². The molecule has 0 saturated heterocycles. The molecule has 0 amide bonds. The summed E-state index contributed by atoms with van der Waals surface area (Å²) in [5, 5.41) is 9.00. The molecule has 136 valence electrons. The van der Waals surface area contributed by atoms with Crippen LogP contribution in [-0.2, 0) is 14.3 Å². The van der Waals surface area contributed by atoms with Crippen molar-refractivity contribution in [1.82, 2.24) is 0 Å². The standard InChI is InChI=1S/C15H13F4NO5/c1-22-4-5-23-13(21)10(8-20)6-9-2-3-11(24-14(16)17)7-12(9)25-15(18)19/h2-3,6-7,14-15H,4-5H2,1H3/b10-6+. The molecular formula is C15H13F4NO5. The lowest BCUT2D eigenvalue weighted by atomic mass is 10.1. The molecule has 25 heavy (non-hydrogen) atoms. The lowest BCUT2D eigenvalue weighted by Gasteiger charge is -2.11. The maximum atomic E-state index is 12.5. The first kappa shape index (κ1) is 20.2. The number of carbonyl (C=O) groups excluding carboxylic acids is 1. The summed E-state index contributed by atoms with van der Waals surface area (Å²) in [6.45, 7) is -6.43. The summed E-state index contributed by atoms with van der Waals surface area (Å²) in [7, 11) is 1.38. The Balaban J connectivity index is 3.11. The molecule has 1 rings (SSSR count). The van der Waals surface area contributed by atoms with E-state index in [1.807, 2.05) is 0 Å². The van der Waals surface area contributed by atoms with Gasteiger partial charge in [-0.1, -0.05) is 0 Å². The van der Waals surface area contributed by atoms with Crippen LogP contribution in [0.5, 0.6) is 11.5 Å². The van der Waals surface area contributed by atoms with Crippen molar-refractivity contribution in [1.29, 1.82) is 5.26 Å². The molecule has 0 bridgehead atoms. The summed E-state index contributed by atoms with van der Waals surface area (Å²) in [5.74, 6) is -1.98. The van der Waals surface area contributed by atoms with Crippen LogP contribution in [-0.4, -0.2) is 39.5 Å². The van der Waals surface area contributed by atoms with Crippen molar-refractivity contribution in [3.63, 3.8) is 0 Å². The summed E-state index contributed by atoms with van der Waals surface area (Å²) in [5.41, 5.74) is -0.625. The smallest absolute Gasteiger partial charge is 0.387 e. The molecule has 0 unspecified atom stereocenters. The van der Waals surface area contributed by atoms with E-state index >= 15 is 0 Å². The zero-order chi connectivity index (χ0) is 18.8. The minimum absolute atomic E-state index is 0.101. The topological polar surface area (TPSA) is 77.8 Å². The molecule has 0 fully saturated rings. The average molecular weight is 363 g/mol. The number of halogens is 4. The number of hydrogen-bond acceptors (Lipinski definition) is 6. The number of carbonyl (C=O) groups is 1. The Morgan fingerprint density at radius 3 is 2.44 bits per heavy atom. The number of nitriles is 1. The van der Waals surface area contributed by atoms with Crippen LogP contribution in [0.1, 0.15) is 5.56 Å². The normalized spacial score (nSPS) is 11.4. The highest BCUT2D eigenvalue weighted by Gasteiger charge is 2.16. The van der Waals surface area contributed by atoms with E-state index in [1.165, 1.54) is 7.11 Å². The fourth-order valence-corrected chi connectivity index (χ4v) is 1.60. The Morgan fingerprint density at radius 2 is 1.88 bits per heavy atom. The maximum absolute atomic E-state index is 12.5. The van der Waals surface area contributed by atoms with Crippen LogP contribution in [0.4, 0.5) is 17.6 Å². The second-order valence-corrected chi connectivity index (χ2v) is 4.26. The van der Waals surface area contributed by atoms with E-state index in [0.717, 1.165) is 24.3 Å². The van der Waals surface area contributed by atoms with Crippen molar-refractivity contribution in [3.05, 3.63) is 29.3 Å². The van der Waals surface area contributed by atoms with Gasteiger partial charge < -0.3 is 18.9 Å². The highest BCUT2D eigenvalue weighted by Crippen LogP contribution is 2.29. The second kappa shape index (κ2) is 10.1. The first-order chi connectivity index (χ1) is 11.9. The largest absolute Gasteiger partial charge is 0.459 e. The van der Waals surface area contributed by atoms with E-state index in [1.54, 1.807) is 6.07 Å². The lowest BCUT2D eigenvalue weighted by Crippen LogP contribution is -2.11. The van der Waals surface area contributed by atoms with Crippen LogP contribution >= 0.6 is 0 Å². The Labute approximate surface area is 140 Å². The molecule has 0 aliphatic heterocycles. The first-order valence-corrected chi connectivity index (χ1v) is 6.69. The van der Waals surface area contributed by atoms with Crippen molar-refractivity contribution in [2.45, 2.75) is 13.2 Å². The number of hydrogen-bond donors (Lipinski definition) is 0. The average Bonchev–Trinajstić information content (AvgIpc) is 2.53. The van der Waals surface area contributed by atoms with Gasteiger partial charge in [0.1, 0.15) is 29.7 Å². The maximum Gasteiger partial charge on any atom is 0.387 e. The molecule has 0 radical (unpaired) electrons. The summed E-state index contributed by atoms with van der Waals surface area (Å²) >= 11 is 0. The molecule has 1 aromatic rings. The Kier molecular flexibility index (Phi) is 8.22. The van der Waals surface area contributed by atoms with Crippen LogP contribution < -0.4 is 9.47 Å². The molecule has 0 heterocycles. The molecule has 10 heteroatoms. The van der Waals surface area contributed by atoms with Crippen LogP contribution in [0.25, 0.3) is 6.08 Å². The highest BCUT2D eigenvalue weighted by atomic mass is 19.3. The minimum atomic E-state index is -3.26. The van der Waals surface area contributed by atoms with Crippen molar-refractivity contribution >= 4 is 12.0 Å². The lowest BCUT2D eigenvalue weighted by molar-refractivity contribution is -0.139. The molecule has 0 aromatic heterocycles. The molecule has 0 spiro atoms. The monoisotopic (exact) mass is 363 g/mol. The molecular weight excluding hydrogens is 350 g/mol. The number of methoxy groups -OCH3 is 1. The van der Waals surface area contributed by atoms with Gasteiger partial charge in [0.15, 0.2) is 0 Å². The third-order valence-corrected chi connectivity index (χ3v) is 2.59. The molecule has 0 aliphatic carbocycles. The van der Waals surface area contributed by atoms with Gasteiger partial charge in [0.25, 0.3) is 0 Å². The van der Waals surface area contributed by atoms with Gasteiger partial charge in [-0.2, -0.15) is 22.8 Å². The summed E-state index contributed by atoms with van der Waals surface area (Å²) in [6, 6.07) is 4.46. The minimum Gasteiger partial charge on any atom is -0.459 e. The Hall–Kier alpha value is -2.80. The molecule has 6 nitrogen and oxygen atoms in total. The Morgan fingerprint density at radius 1 is 1.20 bits per heavy atom. The van der Waals surface area contributed by atoms with Crippen LogP contribution in [0.2, 0.25) is 0 Å². The molecule has 0 saturated carbocycles. The summed E-state index contributed by atoms with van der Waals surface area (Å²) in [6.07, 6.45) is 0.930. The molecule has 0 aliphatic rings. The number of alkyl halides is 4. The van der Waals surface area contributed by atoms with Crippen molar-refractivity contribution in [2.75, 3.05) is 20.3 Å². The number of benzene rings is 1. The Bertz CT molecular complexity index is 658. The fraction of sp³-hybridized carbons (Fsp3) is 0.333. The number of rotatable bonds is 9. The van der Waals surface area contributed by atoms with E-state index < -0.39 is 36.3 Å².